The number of aliphatic hydroxyl groups is 1. The molecule has 1 saturated carbocycles. The molecule has 3 heteroatoms. The fourth-order valence-corrected chi connectivity index (χ4v) is 2.85. The van der Waals surface area contributed by atoms with Crippen LogP contribution in [0.5, 0.6) is 0 Å². The van der Waals surface area contributed by atoms with Crippen molar-refractivity contribution in [3.63, 3.8) is 0 Å². The maximum Gasteiger partial charge on any atom is 0.132 e. The summed E-state index contributed by atoms with van der Waals surface area (Å²) in [5, 5.41) is 10.6. The molecule has 2 rings (SSSR count). The van der Waals surface area contributed by atoms with Gasteiger partial charge in [-0.2, -0.15) is 0 Å². The largest absolute Gasteiger partial charge is 0.385 e. The fourth-order valence-electron chi connectivity index (χ4n) is 2.85. The Hall–Kier alpha value is -0.960. The van der Waals surface area contributed by atoms with Gasteiger partial charge >= 0.3 is 0 Å². The van der Waals surface area contributed by atoms with Crippen molar-refractivity contribution in [2.24, 2.45) is 5.41 Å². The molecule has 18 heavy (non-hydrogen) atoms. The zero-order valence-electron chi connectivity index (χ0n) is 11.0. The number of halogens is 2. The molecule has 1 aromatic rings. The van der Waals surface area contributed by atoms with Crippen LogP contribution in [0, 0.1) is 17.0 Å². The third-order valence-electron chi connectivity index (χ3n) is 4.09. The SMILES string of the molecule is CC1(C)CCCC(O)(c2c(F)cccc2F)CC1. The second kappa shape index (κ2) is 4.61. The van der Waals surface area contributed by atoms with Crippen LogP contribution in [0.15, 0.2) is 18.2 Å². The Morgan fingerprint density at radius 3 is 2.22 bits per heavy atom. The first-order valence-electron chi connectivity index (χ1n) is 6.51. The van der Waals surface area contributed by atoms with Crippen LogP contribution in [0.1, 0.15) is 51.5 Å². The van der Waals surface area contributed by atoms with Crippen LogP contribution >= 0.6 is 0 Å². The van der Waals surface area contributed by atoms with E-state index in [1.54, 1.807) is 0 Å². The van der Waals surface area contributed by atoms with E-state index in [1.165, 1.54) is 18.2 Å². The normalized spacial score (nSPS) is 27.8. The lowest BCUT2D eigenvalue weighted by Crippen LogP contribution is -2.28. The van der Waals surface area contributed by atoms with Crippen molar-refractivity contribution < 1.29 is 13.9 Å². The molecule has 0 bridgehead atoms. The van der Waals surface area contributed by atoms with Gasteiger partial charge in [0.1, 0.15) is 11.6 Å². The predicted molar refractivity (Wildman–Crippen MR) is 67.1 cm³/mol. The van der Waals surface area contributed by atoms with Gasteiger partial charge in [-0.25, -0.2) is 8.78 Å². The number of rotatable bonds is 1. The summed E-state index contributed by atoms with van der Waals surface area (Å²) in [6.45, 7) is 4.27. The zero-order valence-corrected chi connectivity index (χ0v) is 11.0. The van der Waals surface area contributed by atoms with Gasteiger partial charge in [0.05, 0.1) is 11.2 Å². The predicted octanol–water partition coefficient (Wildman–Crippen LogP) is 4.14. The monoisotopic (exact) mass is 254 g/mol. The molecule has 1 aliphatic rings. The molecule has 1 N–H and O–H groups in total. The van der Waals surface area contributed by atoms with Crippen molar-refractivity contribution >= 4 is 0 Å². The summed E-state index contributed by atoms with van der Waals surface area (Å²) in [5.74, 6) is -1.28. The molecule has 0 amide bonds. The molecule has 0 saturated heterocycles. The highest BCUT2D eigenvalue weighted by Gasteiger charge is 2.38. The van der Waals surface area contributed by atoms with Crippen LogP contribution in [0.2, 0.25) is 0 Å². The minimum atomic E-state index is -1.36. The molecule has 0 spiro atoms. The summed E-state index contributed by atoms with van der Waals surface area (Å²) in [4.78, 5) is 0. The van der Waals surface area contributed by atoms with Crippen molar-refractivity contribution in [1.82, 2.24) is 0 Å². The summed E-state index contributed by atoms with van der Waals surface area (Å²) < 4.78 is 27.6. The van der Waals surface area contributed by atoms with E-state index in [2.05, 4.69) is 13.8 Å². The Bertz CT molecular complexity index is 422. The van der Waals surface area contributed by atoms with E-state index < -0.39 is 17.2 Å². The highest BCUT2D eigenvalue weighted by Crippen LogP contribution is 2.44. The minimum Gasteiger partial charge on any atom is -0.385 e. The minimum absolute atomic E-state index is 0.131. The van der Waals surface area contributed by atoms with Gasteiger partial charge in [0.25, 0.3) is 0 Å². The van der Waals surface area contributed by atoms with E-state index >= 15 is 0 Å². The Morgan fingerprint density at radius 1 is 1.00 bits per heavy atom. The number of hydrogen-bond donors (Lipinski definition) is 1. The van der Waals surface area contributed by atoms with Crippen LogP contribution in [0.3, 0.4) is 0 Å². The van der Waals surface area contributed by atoms with Gasteiger partial charge in [-0.15, -0.1) is 0 Å². The third kappa shape index (κ3) is 2.56. The standard InChI is InChI=1S/C15H20F2O/c1-14(2)7-4-8-15(18,10-9-14)13-11(16)5-3-6-12(13)17/h3,5-6,18H,4,7-10H2,1-2H3. The van der Waals surface area contributed by atoms with Crippen molar-refractivity contribution in [1.29, 1.82) is 0 Å². The van der Waals surface area contributed by atoms with Crippen molar-refractivity contribution in [3.05, 3.63) is 35.4 Å². The lowest BCUT2D eigenvalue weighted by molar-refractivity contribution is 0.0111. The Labute approximate surface area is 107 Å². The molecule has 1 fully saturated rings. The molecule has 1 aliphatic carbocycles. The van der Waals surface area contributed by atoms with Crippen LogP contribution < -0.4 is 0 Å². The third-order valence-corrected chi connectivity index (χ3v) is 4.09. The van der Waals surface area contributed by atoms with Crippen LogP contribution in [0.25, 0.3) is 0 Å². The lowest BCUT2D eigenvalue weighted by atomic mass is 9.82. The average Bonchev–Trinajstić information content (AvgIpc) is 2.39. The number of hydrogen-bond acceptors (Lipinski definition) is 1. The molecular weight excluding hydrogens is 234 g/mol. The molecule has 1 aromatic carbocycles. The second-order valence-electron chi connectivity index (χ2n) is 6.15. The van der Waals surface area contributed by atoms with E-state index in [1.807, 2.05) is 0 Å². The van der Waals surface area contributed by atoms with Crippen LogP contribution in [-0.4, -0.2) is 5.11 Å². The van der Waals surface area contributed by atoms with Crippen molar-refractivity contribution in [2.75, 3.05) is 0 Å². The average molecular weight is 254 g/mol. The molecule has 0 heterocycles. The lowest BCUT2D eigenvalue weighted by Gasteiger charge is -2.29. The van der Waals surface area contributed by atoms with Gasteiger partial charge < -0.3 is 5.11 Å². The topological polar surface area (TPSA) is 20.2 Å². The van der Waals surface area contributed by atoms with Gasteiger partial charge in [0.15, 0.2) is 0 Å². The smallest absolute Gasteiger partial charge is 0.132 e. The number of benzene rings is 1. The Morgan fingerprint density at radius 2 is 1.61 bits per heavy atom. The molecule has 0 aromatic heterocycles. The summed E-state index contributed by atoms with van der Waals surface area (Å²) in [6, 6.07) is 3.76. The zero-order chi connectivity index (χ0) is 13.4. The van der Waals surface area contributed by atoms with Gasteiger partial charge in [0, 0.05) is 0 Å². The first kappa shape index (κ1) is 13.5. The van der Waals surface area contributed by atoms with E-state index in [0.29, 0.717) is 12.8 Å². The van der Waals surface area contributed by atoms with Crippen LogP contribution in [-0.2, 0) is 5.60 Å². The van der Waals surface area contributed by atoms with Gasteiger partial charge in [0.2, 0.25) is 0 Å². The van der Waals surface area contributed by atoms with Crippen molar-refractivity contribution in [2.45, 2.75) is 51.6 Å². The van der Waals surface area contributed by atoms with E-state index in [9.17, 15) is 13.9 Å². The Kier molecular flexibility index (Phi) is 3.45. The molecule has 1 nitrogen and oxygen atoms in total. The summed E-state index contributed by atoms with van der Waals surface area (Å²) in [7, 11) is 0. The molecule has 0 radical (unpaired) electrons. The maximum absolute atomic E-state index is 13.8. The van der Waals surface area contributed by atoms with Crippen LogP contribution in [0.4, 0.5) is 8.78 Å². The first-order valence-corrected chi connectivity index (χ1v) is 6.51. The highest BCUT2D eigenvalue weighted by molar-refractivity contribution is 5.26. The summed E-state index contributed by atoms with van der Waals surface area (Å²) >= 11 is 0. The highest BCUT2D eigenvalue weighted by atomic mass is 19.1. The molecule has 1 atom stereocenters. The van der Waals surface area contributed by atoms with Gasteiger partial charge in [-0.1, -0.05) is 19.9 Å². The van der Waals surface area contributed by atoms with Gasteiger partial charge in [-0.05, 0) is 49.7 Å². The quantitative estimate of drug-likeness (QED) is 0.747. The van der Waals surface area contributed by atoms with E-state index in [-0.39, 0.29) is 11.0 Å². The first-order chi connectivity index (χ1) is 8.34. The summed E-state index contributed by atoms with van der Waals surface area (Å²) in [5.41, 5.74) is -1.38. The summed E-state index contributed by atoms with van der Waals surface area (Å²) in [6.07, 6.45) is 3.38. The second-order valence-corrected chi connectivity index (χ2v) is 6.15. The Balaban J connectivity index is 2.36. The maximum atomic E-state index is 13.8. The molecule has 1 unspecified atom stereocenters. The molecular formula is C15H20F2O. The van der Waals surface area contributed by atoms with E-state index in [0.717, 1.165) is 19.3 Å². The fraction of sp³-hybridized carbons (Fsp3) is 0.600. The molecule has 0 aliphatic heterocycles. The molecule has 100 valence electrons. The van der Waals surface area contributed by atoms with E-state index in [4.69, 9.17) is 0 Å². The van der Waals surface area contributed by atoms with Gasteiger partial charge in [-0.3, -0.25) is 0 Å². The van der Waals surface area contributed by atoms with Crippen molar-refractivity contribution in [3.8, 4) is 0 Å².